The second kappa shape index (κ2) is 7.40. The Labute approximate surface area is 154 Å². The van der Waals surface area contributed by atoms with Crippen molar-refractivity contribution < 1.29 is 23.1 Å². The van der Waals surface area contributed by atoms with Crippen molar-refractivity contribution in [3.8, 4) is 0 Å². The van der Waals surface area contributed by atoms with E-state index in [0.717, 1.165) is 22.9 Å². The molecule has 140 valence electrons. The summed E-state index contributed by atoms with van der Waals surface area (Å²) in [5.74, 6) is -1.34. The van der Waals surface area contributed by atoms with E-state index in [4.69, 9.17) is 0 Å². The van der Waals surface area contributed by atoms with Crippen molar-refractivity contribution in [1.29, 1.82) is 0 Å². The Morgan fingerprint density at radius 1 is 1.35 bits per heavy atom. The minimum Gasteiger partial charge on any atom is -0.481 e. The summed E-state index contributed by atoms with van der Waals surface area (Å²) in [6, 6.07) is 6.96. The number of hydrogen-bond acceptors (Lipinski definition) is 3. The number of rotatable bonds is 4. The molecule has 1 saturated heterocycles. The van der Waals surface area contributed by atoms with E-state index < -0.39 is 23.6 Å². The summed E-state index contributed by atoms with van der Waals surface area (Å²) in [5, 5.41) is 11.3. The third-order valence-corrected chi connectivity index (χ3v) is 5.92. The standard InChI is InChI=1S/C19H20F3NO2S/c1-12-7-9-26-17(12)16(23-8-3-5-14(11-23)18(24)25)13-4-2-6-15(10-13)19(20,21)22/h2,4,6-7,9-10,14,16H,3,5,8,11H2,1H3,(H,24,25). The molecule has 2 atom stereocenters. The third kappa shape index (κ3) is 3.94. The second-order valence-electron chi connectivity index (χ2n) is 6.67. The average molecular weight is 383 g/mol. The maximum absolute atomic E-state index is 13.2. The predicted molar refractivity (Wildman–Crippen MR) is 94.3 cm³/mol. The van der Waals surface area contributed by atoms with Gasteiger partial charge in [-0.05, 0) is 61.0 Å². The SMILES string of the molecule is Cc1ccsc1C(c1cccc(C(F)(F)F)c1)N1CCCC(C(=O)O)C1. The molecule has 0 saturated carbocycles. The van der Waals surface area contributed by atoms with E-state index in [9.17, 15) is 23.1 Å². The van der Waals surface area contributed by atoms with Gasteiger partial charge in [0, 0.05) is 11.4 Å². The first kappa shape index (κ1) is 18.9. The predicted octanol–water partition coefficient (Wildman–Crippen LogP) is 4.96. The van der Waals surface area contributed by atoms with Crippen LogP contribution in [0.25, 0.3) is 0 Å². The van der Waals surface area contributed by atoms with E-state index in [2.05, 4.69) is 0 Å². The number of carbonyl (C=O) groups is 1. The molecule has 0 amide bonds. The van der Waals surface area contributed by atoms with Crippen molar-refractivity contribution in [2.24, 2.45) is 5.92 Å². The molecule has 2 aromatic rings. The van der Waals surface area contributed by atoms with Gasteiger partial charge >= 0.3 is 12.1 Å². The Morgan fingerprint density at radius 2 is 2.12 bits per heavy atom. The van der Waals surface area contributed by atoms with Crippen LogP contribution >= 0.6 is 11.3 Å². The number of carboxylic acid groups (broad SMARTS) is 1. The van der Waals surface area contributed by atoms with Crippen LogP contribution in [-0.2, 0) is 11.0 Å². The van der Waals surface area contributed by atoms with Crippen molar-refractivity contribution in [3.63, 3.8) is 0 Å². The van der Waals surface area contributed by atoms with Crippen LogP contribution in [-0.4, -0.2) is 29.1 Å². The summed E-state index contributed by atoms with van der Waals surface area (Å²) in [6.07, 6.45) is -3.09. The molecule has 7 heteroatoms. The minimum absolute atomic E-state index is 0.341. The zero-order valence-electron chi connectivity index (χ0n) is 14.3. The van der Waals surface area contributed by atoms with Crippen LogP contribution < -0.4 is 0 Å². The molecule has 3 rings (SSSR count). The van der Waals surface area contributed by atoms with E-state index >= 15 is 0 Å². The minimum atomic E-state index is -4.41. The molecule has 0 bridgehead atoms. The molecule has 0 spiro atoms. The Balaban J connectivity index is 2.03. The lowest BCUT2D eigenvalue weighted by Crippen LogP contribution is -2.41. The summed E-state index contributed by atoms with van der Waals surface area (Å²) in [5.41, 5.74) is 0.882. The van der Waals surface area contributed by atoms with Crippen molar-refractivity contribution in [2.45, 2.75) is 32.0 Å². The Morgan fingerprint density at radius 3 is 2.73 bits per heavy atom. The summed E-state index contributed by atoms with van der Waals surface area (Å²) in [7, 11) is 0. The van der Waals surface area contributed by atoms with E-state index in [1.54, 1.807) is 6.07 Å². The number of hydrogen-bond donors (Lipinski definition) is 1. The fourth-order valence-corrected chi connectivity index (χ4v) is 4.61. The average Bonchev–Trinajstić information content (AvgIpc) is 3.01. The molecule has 1 fully saturated rings. The number of likely N-dealkylation sites (tertiary alicyclic amines) is 1. The van der Waals surface area contributed by atoms with Crippen LogP contribution in [0, 0.1) is 12.8 Å². The molecule has 1 aromatic carbocycles. The highest BCUT2D eigenvalue weighted by Gasteiger charge is 2.35. The molecule has 3 nitrogen and oxygen atoms in total. The Hall–Kier alpha value is -1.86. The lowest BCUT2D eigenvalue weighted by molar-refractivity contribution is -0.143. The number of thiophene rings is 1. The number of alkyl halides is 3. The number of halogens is 3. The van der Waals surface area contributed by atoms with E-state index in [1.807, 2.05) is 23.3 Å². The van der Waals surface area contributed by atoms with Gasteiger partial charge in [-0.1, -0.05) is 12.1 Å². The van der Waals surface area contributed by atoms with Gasteiger partial charge in [0.15, 0.2) is 0 Å². The van der Waals surface area contributed by atoms with Gasteiger partial charge in [-0.3, -0.25) is 9.69 Å². The van der Waals surface area contributed by atoms with Crippen LogP contribution in [0.5, 0.6) is 0 Å². The zero-order valence-corrected chi connectivity index (χ0v) is 15.1. The molecule has 1 aromatic heterocycles. The van der Waals surface area contributed by atoms with E-state index in [0.29, 0.717) is 25.1 Å². The fourth-order valence-electron chi connectivity index (χ4n) is 3.52. The summed E-state index contributed by atoms with van der Waals surface area (Å²) >= 11 is 1.50. The van der Waals surface area contributed by atoms with Gasteiger partial charge in [0.05, 0.1) is 17.5 Å². The van der Waals surface area contributed by atoms with E-state index in [-0.39, 0.29) is 6.04 Å². The van der Waals surface area contributed by atoms with Crippen molar-refractivity contribution in [3.05, 3.63) is 57.3 Å². The topological polar surface area (TPSA) is 40.5 Å². The molecule has 2 heterocycles. The molecule has 0 radical (unpaired) electrons. The zero-order chi connectivity index (χ0) is 18.9. The highest BCUT2D eigenvalue weighted by molar-refractivity contribution is 7.10. The normalized spacial score (nSPS) is 20.1. The van der Waals surface area contributed by atoms with Crippen LogP contribution in [0.2, 0.25) is 0 Å². The van der Waals surface area contributed by atoms with Gasteiger partial charge in [0.1, 0.15) is 0 Å². The van der Waals surface area contributed by atoms with Crippen molar-refractivity contribution in [1.82, 2.24) is 4.90 Å². The number of aliphatic carboxylic acids is 1. The van der Waals surface area contributed by atoms with Gasteiger partial charge in [0.2, 0.25) is 0 Å². The molecular formula is C19H20F3NO2S. The van der Waals surface area contributed by atoms with Gasteiger partial charge in [-0.15, -0.1) is 11.3 Å². The Kier molecular flexibility index (Phi) is 5.39. The number of nitrogens with zero attached hydrogens (tertiary/aromatic N) is 1. The lowest BCUT2D eigenvalue weighted by Gasteiger charge is -2.37. The third-order valence-electron chi connectivity index (χ3n) is 4.85. The highest BCUT2D eigenvalue weighted by atomic mass is 32.1. The molecule has 26 heavy (non-hydrogen) atoms. The number of aryl methyl sites for hydroxylation is 1. The fraction of sp³-hybridized carbons (Fsp3) is 0.421. The molecule has 1 aliphatic heterocycles. The largest absolute Gasteiger partial charge is 0.481 e. The number of benzene rings is 1. The highest BCUT2D eigenvalue weighted by Crippen LogP contribution is 2.39. The maximum atomic E-state index is 13.2. The van der Waals surface area contributed by atoms with E-state index in [1.165, 1.54) is 23.5 Å². The quantitative estimate of drug-likeness (QED) is 0.811. The van der Waals surface area contributed by atoms with Crippen LogP contribution in [0.4, 0.5) is 13.2 Å². The summed E-state index contributed by atoms with van der Waals surface area (Å²) < 4.78 is 39.5. The van der Waals surface area contributed by atoms with Gasteiger partial charge in [0.25, 0.3) is 0 Å². The molecule has 1 N–H and O–H groups in total. The van der Waals surface area contributed by atoms with Crippen LogP contribution in [0.3, 0.4) is 0 Å². The van der Waals surface area contributed by atoms with Gasteiger partial charge in [-0.2, -0.15) is 13.2 Å². The Bertz CT molecular complexity index is 787. The van der Waals surface area contributed by atoms with Crippen LogP contribution in [0.15, 0.2) is 35.7 Å². The first-order valence-corrected chi connectivity index (χ1v) is 9.33. The molecular weight excluding hydrogens is 363 g/mol. The molecule has 1 aliphatic rings. The monoisotopic (exact) mass is 383 g/mol. The maximum Gasteiger partial charge on any atom is 0.416 e. The number of piperidine rings is 1. The summed E-state index contributed by atoms with van der Waals surface area (Å²) in [6.45, 7) is 2.95. The first-order chi connectivity index (χ1) is 12.3. The molecule has 0 aliphatic carbocycles. The molecule has 2 unspecified atom stereocenters. The summed E-state index contributed by atoms with van der Waals surface area (Å²) in [4.78, 5) is 14.4. The van der Waals surface area contributed by atoms with Crippen molar-refractivity contribution >= 4 is 17.3 Å². The second-order valence-corrected chi connectivity index (χ2v) is 7.61. The van der Waals surface area contributed by atoms with Crippen molar-refractivity contribution in [2.75, 3.05) is 13.1 Å². The smallest absolute Gasteiger partial charge is 0.416 e. The number of carboxylic acids is 1. The van der Waals surface area contributed by atoms with Crippen LogP contribution in [0.1, 0.15) is 40.5 Å². The first-order valence-electron chi connectivity index (χ1n) is 8.45. The van der Waals surface area contributed by atoms with Gasteiger partial charge < -0.3 is 5.11 Å². The van der Waals surface area contributed by atoms with Gasteiger partial charge in [-0.25, -0.2) is 0 Å². The lowest BCUT2D eigenvalue weighted by atomic mass is 9.93.